The van der Waals surface area contributed by atoms with Crippen molar-refractivity contribution in [3.63, 3.8) is 0 Å². The quantitative estimate of drug-likeness (QED) is 0.758. The van der Waals surface area contributed by atoms with Gasteiger partial charge in [-0.25, -0.2) is 0 Å². The molecular weight excluding hydrogens is 268 g/mol. The monoisotopic (exact) mass is 290 g/mol. The van der Waals surface area contributed by atoms with Crippen LogP contribution in [0.15, 0.2) is 30.3 Å². The molecule has 0 heterocycles. The molecule has 1 aromatic carbocycles. The number of rotatable bonds is 7. The summed E-state index contributed by atoms with van der Waals surface area (Å²) < 4.78 is 0. The lowest BCUT2D eigenvalue weighted by Gasteiger charge is -2.15. The third-order valence-electron chi connectivity index (χ3n) is 3.85. The van der Waals surface area contributed by atoms with E-state index in [-0.39, 0.29) is 10.9 Å². The minimum absolute atomic E-state index is 0.0232. The minimum Gasteiger partial charge on any atom is -0.393 e. The summed E-state index contributed by atoms with van der Waals surface area (Å²) in [6.07, 6.45) is 4.02. The molecule has 1 amide bonds. The van der Waals surface area contributed by atoms with Crippen LogP contribution in [0.5, 0.6) is 0 Å². The van der Waals surface area contributed by atoms with Crippen LogP contribution < -0.4 is 11.1 Å². The Bertz CT molecular complexity index is 475. The molecule has 0 bridgehead atoms. The number of nitrogens with two attached hydrogens (primary N) is 1. The minimum atomic E-state index is -0.407. The van der Waals surface area contributed by atoms with Crippen molar-refractivity contribution in [3.05, 3.63) is 35.9 Å². The molecule has 1 aromatic rings. The fraction of sp³-hybridized carbons (Fsp3) is 0.500. The highest BCUT2D eigenvalue weighted by Crippen LogP contribution is 2.34. The van der Waals surface area contributed by atoms with E-state index in [1.54, 1.807) is 0 Å². The third kappa shape index (κ3) is 4.04. The van der Waals surface area contributed by atoms with Crippen molar-refractivity contribution >= 4 is 23.1 Å². The van der Waals surface area contributed by atoms with Gasteiger partial charge in [0.1, 0.15) is 0 Å². The van der Waals surface area contributed by atoms with Gasteiger partial charge >= 0.3 is 0 Å². The fourth-order valence-electron chi connectivity index (χ4n) is 2.57. The van der Waals surface area contributed by atoms with Gasteiger partial charge in [0, 0.05) is 6.04 Å². The Balaban J connectivity index is 1.92. The first-order chi connectivity index (χ1) is 9.61. The van der Waals surface area contributed by atoms with Gasteiger partial charge in [-0.2, -0.15) is 0 Å². The van der Waals surface area contributed by atoms with E-state index < -0.39 is 5.92 Å². The molecule has 108 valence electrons. The van der Waals surface area contributed by atoms with E-state index in [0.29, 0.717) is 18.4 Å². The second-order valence-electron chi connectivity index (χ2n) is 5.54. The summed E-state index contributed by atoms with van der Waals surface area (Å²) in [5.74, 6) is 0.216. The predicted octanol–water partition coefficient (Wildman–Crippen LogP) is 2.44. The van der Waals surface area contributed by atoms with Gasteiger partial charge in [-0.3, -0.25) is 4.79 Å². The van der Waals surface area contributed by atoms with Crippen LogP contribution in [0, 0.1) is 11.8 Å². The van der Waals surface area contributed by atoms with Gasteiger partial charge in [0.15, 0.2) is 0 Å². The Morgan fingerprint density at radius 3 is 2.75 bits per heavy atom. The lowest BCUT2D eigenvalue weighted by Crippen LogP contribution is -2.40. The first-order valence-electron chi connectivity index (χ1n) is 7.25. The molecule has 1 aliphatic rings. The maximum absolute atomic E-state index is 12.3. The summed E-state index contributed by atoms with van der Waals surface area (Å²) in [6.45, 7) is 2.17. The van der Waals surface area contributed by atoms with Crippen molar-refractivity contribution in [2.75, 3.05) is 0 Å². The van der Waals surface area contributed by atoms with Crippen molar-refractivity contribution in [2.24, 2.45) is 17.6 Å². The van der Waals surface area contributed by atoms with Gasteiger partial charge in [-0.15, -0.1) is 0 Å². The van der Waals surface area contributed by atoms with Crippen molar-refractivity contribution in [1.29, 1.82) is 0 Å². The average Bonchev–Trinajstić information content (AvgIpc) is 3.15. The number of nitrogens with one attached hydrogen (secondary N) is 1. The van der Waals surface area contributed by atoms with Gasteiger partial charge in [0.25, 0.3) is 0 Å². The lowest BCUT2D eigenvalue weighted by molar-refractivity contribution is -0.123. The normalized spacial score (nSPS) is 22.1. The molecule has 4 heteroatoms. The fourth-order valence-corrected chi connectivity index (χ4v) is 2.76. The van der Waals surface area contributed by atoms with Crippen LogP contribution in [0.25, 0.3) is 0 Å². The molecule has 0 aromatic heterocycles. The highest BCUT2D eigenvalue weighted by molar-refractivity contribution is 7.80. The highest BCUT2D eigenvalue weighted by atomic mass is 32.1. The maximum Gasteiger partial charge on any atom is 0.230 e. The Morgan fingerprint density at radius 1 is 1.45 bits per heavy atom. The topological polar surface area (TPSA) is 55.1 Å². The molecule has 1 saturated carbocycles. The number of benzene rings is 1. The van der Waals surface area contributed by atoms with E-state index in [1.807, 2.05) is 30.3 Å². The zero-order valence-electron chi connectivity index (χ0n) is 11.8. The predicted molar refractivity (Wildman–Crippen MR) is 85.4 cm³/mol. The Hall–Kier alpha value is -1.42. The van der Waals surface area contributed by atoms with Crippen LogP contribution in [0.4, 0.5) is 0 Å². The summed E-state index contributed by atoms with van der Waals surface area (Å²) in [5.41, 5.74) is 6.83. The molecular formula is C16H22N2OS. The van der Waals surface area contributed by atoms with Gasteiger partial charge in [-0.05, 0) is 30.7 Å². The SMILES string of the molecule is CCCC1CC1NC(=O)C(Cc1ccccc1)C(N)=S. The van der Waals surface area contributed by atoms with Crippen LogP contribution in [0.3, 0.4) is 0 Å². The van der Waals surface area contributed by atoms with E-state index in [4.69, 9.17) is 18.0 Å². The number of hydrogen-bond donors (Lipinski definition) is 2. The summed E-state index contributed by atoms with van der Waals surface area (Å²) in [7, 11) is 0. The largest absolute Gasteiger partial charge is 0.393 e. The van der Waals surface area contributed by atoms with Gasteiger partial charge in [0.05, 0.1) is 10.9 Å². The van der Waals surface area contributed by atoms with Crippen LogP contribution in [-0.4, -0.2) is 16.9 Å². The summed E-state index contributed by atoms with van der Waals surface area (Å²) >= 11 is 5.06. The van der Waals surface area contributed by atoms with Gasteiger partial charge in [0.2, 0.25) is 5.91 Å². The Kier molecular flexibility index (Phi) is 5.12. The van der Waals surface area contributed by atoms with E-state index >= 15 is 0 Å². The zero-order valence-corrected chi connectivity index (χ0v) is 12.7. The summed E-state index contributed by atoms with van der Waals surface area (Å²) in [6, 6.07) is 10.2. The zero-order chi connectivity index (χ0) is 14.5. The summed E-state index contributed by atoms with van der Waals surface area (Å²) in [5, 5.41) is 3.08. The van der Waals surface area contributed by atoms with Crippen LogP contribution in [0.2, 0.25) is 0 Å². The van der Waals surface area contributed by atoms with Gasteiger partial charge in [-0.1, -0.05) is 55.9 Å². The molecule has 0 spiro atoms. The smallest absolute Gasteiger partial charge is 0.230 e. The van der Waals surface area contributed by atoms with Crippen LogP contribution in [0.1, 0.15) is 31.7 Å². The van der Waals surface area contributed by atoms with E-state index in [9.17, 15) is 4.79 Å². The Labute approximate surface area is 125 Å². The van der Waals surface area contributed by atoms with Crippen molar-refractivity contribution in [1.82, 2.24) is 5.32 Å². The molecule has 2 rings (SSSR count). The molecule has 0 radical (unpaired) electrons. The second kappa shape index (κ2) is 6.84. The van der Waals surface area contributed by atoms with Crippen molar-refractivity contribution < 1.29 is 4.79 Å². The molecule has 0 saturated heterocycles. The maximum atomic E-state index is 12.3. The van der Waals surface area contributed by atoms with Crippen molar-refractivity contribution in [3.8, 4) is 0 Å². The number of hydrogen-bond acceptors (Lipinski definition) is 2. The van der Waals surface area contributed by atoms with Gasteiger partial charge < -0.3 is 11.1 Å². The van der Waals surface area contributed by atoms with Crippen LogP contribution in [-0.2, 0) is 11.2 Å². The molecule has 0 aliphatic heterocycles. The number of thiocarbonyl (C=S) groups is 1. The van der Waals surface area contributed by atoms with E-state index in [2.05, 4.69) is 12.2 Å². The third-order valence-corrected chi connectivity index (χ3v) is 4.14. The number of carbonyl (C=O) groups is 1. The lowest BCUT2D eigenvalue weighted by atomic mass is 9.98. The van der Waals surface area contributed by atoms with E-state index in [1.165, 1.54) is 12.8 Å². The second-order valence-corrected chi connectivity index (χ2v) is 6.02. The molecule has 3 unspecified atom stereocenters. The highest BCUT2D eigenvalue weighted by Gasteiger charge is 2.38. The molecule has 3 nitrogen and oxygen atoms in total. The summed E-state index contributed by atoms with van der Waals surface area (Å²) in [4.78, 5) is 12.6. The first kappa shape index (κ1) is 15.0. The molecule has 1 fully saturated rings. The van der Waals surface area contributed by atoms with E-state index in [0.717, 1.165) is 12.0 Å². The molecule has 20 heavy (non-hydrogen) atoms. The first-order valence-corrected chi connectivity index (χ1v) is 7.66. The van der Waals surface area contributed by atoms with Crippen molar-refractivity contribution in [2.45, 2.75) is 38.6 Å². The Morgan fingerprint density at radius 2 is 2.15 bits per heavy atom. The number of amides is 1. The average molecular weight is 290 g/mol. The standard InChI is InChI=1S/C16H22N2OS/c1-2-6-12-10-14(12)18-16(19)13(15(17)20)9-11-7-4-3-5-8-11/h3-5,7-8,12-14H,2,6,9-10H2,1H3,(H2,17,20)(H,18,19). The number of carbonyl (C=O) groups excluding carboxylic acids is 1. The van der Waals surface area contributed by atoms with Crippen LogP contribution >= 0.6 is 12.2 Å². The molecule has 1 aliphatic carbocycles. The molecule has 3 atom stereocenters. The molecule has 3 N–H and O–H groups in total.